The number of hydrogen-bond acceptors (Lipinski definition) is 3. The zero-order valence-corrected chi connectivity index (χ0v) is 12.9. The Kier molecular flexibility index (Phi) is 6.21. The van der Waals surface area contributed by atoms with Crippen LogP contribution in [0.5, 0.6) is 0 Å². The third-order valence-corrected chi connectivity index (χ3v) is 4.29. The summed E-state index contributed by atoms with van der Waals surface area (Å²) in [7, 11) is 0. The van der Waals surface area contributed by atoms with Gasteiger partial charge in [-0.1, -0.05) is 37.3 Å². The molecular weight excluding hydrogens is 262 g/mol. The molecule has 1 atom stereocenters. The van der Waals surface area contributed by atoms with Crippen molar-refractivity contribution in [1.82, 2.24) is 10.2 Å². The first kappa shape index (κ1) is 16.0. The number of piperidine rings is 1. The molecule has 1 saturated heterocycles. The molecule has 0 bridgehead atoms. The molecule has 1 unspecified atom stereocenters. The first-order valence-electron chi connectivity index (χ1n) is 7.97. The average molecular weight is 289 g/mol. The third kappa shape index (κ3) is 5.14. The van der Waals surface area contributed by atoms with Crippen molar-refractivity contribution in [1.29, 1.82) is 0 Å². The van der Waals surface area contributed by atoms with E-state index in [1.165, 1.54) is 25.9 Å². The molecule has 1 aliphatic rings. The monoisotopic (exact) mass is 289 g/mol. The van der Waals surface area contributed by atoms with Gasteiger partial charge in [0.15, 0.2) is 0 Å². The summed E-state index contributed by atoms with van der Waals surface area (Å²) in [6.45, 7) is 6.66. The standard InChI is InChI=1S/C17H27N3O/c1-14-8-12-20(13-9-14)11-5-10-19-16(17(18)21)15-6-3-2-4-7-15/h2-4,6-7,14,16,19H,5,8-13H2,1H3,(H2,18,21). The van der Waals surface area contributed by atoms with Gasteiger partial charge in [0, 0.05) is 0 Å². The summed E-state index contributed by atoms with van der Waals surface area (Å²) in [5.41, 5.74) is 6.44. The van der Waals surface area contributed by atoms with Crippen molar-refractivity contribution in [2.45, 2.75) is 32.2 Å². The summed E-state index contributed by atoms with van der Waals surface area (Å²) in [5.74, 6) is 0.560. The Morgan fingerprint density at radius 3 is 2.62 bits per heavy atom. The van der Waals surface area contributed by atoms with Crippen molar-refractivity contribution in [3.8, 4) is 0 Å². The van der Waals surface area contributed by atoms with E-state index in [-0.39, 0.29) is 11.9 Å². The number of amides is 1. The minimum Gasteiger partial charge on any atom is -0.368 e. The number of carbonyl (C=O) groups is 1. The zero-order chi connectivity index (χ0) is 15.1. The lowest BCUT2D eigenvalue weighted by molar-refractivity contribution is -0.120. The third-order valence-electron chi connectivity index (χ3n) is 4.29. The lowest BCUT2D eigenvalue weighted by atomic mass is 9.99. The molecule has 21 heavy (non-hydrogen) atoms. The van der Waals surface area contributed by atoms with E-state index in [9.17, 15) is 4.79 Å². The Balaban J connectivity index is 1.72. The van der Waals surface area contributed by atoms with Crippen LogP contribution in [0.25, 0.3) is 0 Å². The van der Waals surface area contributed by atoms with E-state index in [4.69, 9.17) is 5.73 Å². The molecule has 1 heterocycles. The number of likely N-dealkylation sites (tertiary alicyclic amines) is 1. The molecule has 1 aromatic rings. The Morgan fingerprint density at radius 2 is 2.00 bits per heavy atom. The molecule has 0 aliphatic carbocycles. The molecule has 4 nitrogen and oxygen atoms in total. The molecule has 1 amide bonds. The molecule has 0 aromatic heterocycles. The van der Waals surface area contributed by atoms with Crippen LogP contribution in [-0.4, -0.2) is 37.0 Å². The van der Waals surface area contributed by atoms with Crippen molar-refractivity contribution in [3.05, 3.63) is 35.9 Å². The number of nitrogens with one attached hydrogen (secondary N) is 1. The summed E-state index contributed by atoms with van der Waals surface area (Å²) in [6.07, 6.45) is 3.66. The van der Waals surface area contributed by atoms with Crippen LogP contribution in [0.1, 0.15) is 37.8 Å². The van der Waals surface area contributed by atoms with Gasteiger partial charge in [-0.2, -0.15) is 0 Å². The Hall–Kier alpha value is -1.39. The molecule has 0 saturated carbocycles. The maximum absolute atomic E-state index is 11.6. The number of carbonyl (C=O) groups excluding carboxylic acids is 1. The van der Waals surface area contributed by atoms with Crippen LogP contribution in [0, 0.1) is 5.92 Å². The van der Waals surface area contributed by atoms with E-state index in [2.05, 4.69) is 17.1 Å². The van der Waals surface area contributed by atoms with E-state index in [1.54, 1.807) is 0 Å². The first-order chi connectivity index (χ1) is 10.2. The molecule has 1 fully saturated rings. The van der Waals surface area contributed by atoms with Gasteiger partial charge in [0.2, 0.25) is 5.91 Å². The SMILES string of the molecule is CC1CCN(CCCNC(C(N)=O)c2ccccc2)CC1. The van der Waals surface area contributed by atoms with Gasteiger partial charge in [0.1, 0.15) is 6.04 Å². The number of nitrogens with two attached hydrogens (primary N) is 1. The van der Waals surface area contributed by atoms with E-state index in [0.717, 1.165) is 31.0 Å². The van der Waals surface area contributed by atoms with Gasteiger partial charge in [-0.3, -0.25) is 4.79 Å². The van der Waals surface area contributed by atoms with E-state index < -0.39 is 0 Å². The molecule has 1 aromatic carbocycles. The van der Waals surface area contributed by atoms with Crippen molar-refractivity contribution < 1.29 is 4.79 Å². The minimum atomic E-state index is -0.382. The van der Waals surface area contributed by atoms with Crippen LogP contribution in [0.15, 0.2) is 30.3 Å². The summed E-state index contributed by atoms with van der Waals surface area (Å²) < 4.78 is 0. The highest BCUT2D eigenvalue weighted by Crippen LogP contribution is 2.16. The average Bonchev–Trinajstić information content (AvgIpc) is 2.49. The van der Waals surface area contributed by atoms with Crippen LogP contribution in [-0.2, 0) is 4.79 Å². The quantitative estimate of drug-likeness (QED) is 0.754. The van der Waals surface area contributed by atoms with Gasteiger partial charge in [0.05, 0.1) is 0 Å². The van der Waals surface area contributed by atoms with Crippen LogP contribution in [0.4, 0.5) is 0 Å². The lowest BCUT2D eigenvalue weighted by Gasteiger charge is -2.30. The van der Waals surface area contributed by atoms with Gasteiger partial charge in [0.25, 0.3) is 0 Å². The predicted molar refractivity (Wildman–Crippen MR) is 85.8 cm³/mol. The van der Waals surface area contributed by atoms with Gasteiger partial charge >= 0.3 is 0 Å². The summed E-state index contributed by atoms with van der Waals surface area (Å²) in [5, 5.41) is 3.28. The molecule has 2 rings (SSSR count). The fourth-order valence-corrected chi connectivity index (χ4v) is 2.86. The Bertz CT molecular complexity index is 427. The van der Waals surface area contributed by atoms with Crippen molar-refractivity contribution in [3.63, 3.8) is 0 Å². The number of primary amides is 1. The fraction of sp³-hybridized carbons (Fsp3) is 0.588. The smallest absolute Gasteiger partial charge is 0.239 e. The highest BCUT2D eigenvalue weighted by atomic mass is 16.1. The van der Waals surface area contributed by atoms with Gasteiger partial charge in [-0.05, 0) is 56.9 Å². The number of nitrogens with zero attached hydrogens (tertiary/aromatic N) is 1. The second-order valence-electron chi connectivity index (χ2n) is 6.08. The van der Waals surface area contributed by atoms with Gasteiger partial charge in [-0.25, -0.2) is 0 Å². The molecule has 0 radical (unpaired) electrons. The maximum atomic E-state index is 11.6. The minimum absolute atomic E-state index is 0.312. The van der Waals surface area contributed by atoms with Crippen molar-refractivity contribution in [2.75, 3.05) is 26.2 Å². The molecule has 0 spiro atoms. The van der Waals surface area contributed by atoms with Crippen LogP contribution in [0.3, 0.4) is 0 Å². The lowest BCUT2D eigenvalue weighted by Crippen LogP contribution is -2.37. The number of rotatable bonds is 7. The summed E-state index contributed by atoms with van der Waals surface area (Å²) >= 11 is 0. The molecule has 1 aliphatic heterocycles. The predicted octanol–water partition coefficient (Wildman–Crippen LogP) is 1.92. The van der Waals surface area contributed by atoms with Crippen molar-refractivity contribution in [2.24, 2.45) is 11.7 Å². The van der Waals surface area contributed by atoms with Crippen LogP contribution < -0.4 is 11.1 Å². The Labute approximate surface area is 127 Å². The highest BCUT2D eigenvalue weighted by Gasteiger charge is 2.17. The van der Waals surface area contributed by atoms with E-state index >= 15 is 0 Å². The van der Waals surface area contributed by atoms with Gasteiger partial charge in [-0.15, -0.1) is 0 Å². The fourth-order valence-electron chi connectivity index (χ4n) is 2.86. The molecule has 116 valence electrons. The zero-order valence-electron chi connectivity index (χ0n) is 12.9. The second kappa shape index (κ2) is 8.15. The van der Waals surface area contributed by atoms with Crippen LogP contribution >= 0.6 is 0 Å². The first-order valence-corrected chi connectivity index (χ1v) is 7.97. The van der Waals surface area contributed by atoms with E-state index in [0.29, 0.717) is 0 Å². The normalized spacial score (nSPS) is 18.5. The Morgan fingerprint density at radius 1 is 1.33 bits per heavy atom. The molecular formula is C17H27N3O. The molecule has 3 N–H and O–H groups in total. The van der Waals surface area contributed by atoms with Crippen LogP contribution in [0.2, 0.25) is 0 Å². The molecule has 4 heteroatoms. The maximum Gasteiger partial charge on any atom is 0.239 e. The number of benzene rings is 1. The topological polar surface area (TPSA) is 58.4 Å². The largest absolute Gasteiger partial charge is 0.368 e. The van der Waals surface area contributed by atoms with Gasteiger partial charge < -0.3 is 16.0 Å². The van der Waals surface area contributed by atoms with Crippen molar-refractivity contribution >= 4 is 5.91 Å². The highest BCUT2D eigenvalue weighted by molar-refractivity contribution is 5.81. The summed E-state index contributed by atoms with van der Waals surface area (Å²) in [6, 6.07) is 9.30. The number of hydrogen-bond donors (Lipinski definition) is 2. The second-order valence-corrected chi connectivity index (χ2v) is 6.08. The van der Waals surface area contributed by atoms with E-state index in [1.807, 2.05) is 30.3 Å². The summed E-state index contributed by atoms with van der Waals surface area (Å²) in [4.78, 5) is 14.1.